The van der Waals surface area contributed by atoms with Gasteiger partial charge in [-0.3, -0.25) is 9.78 Å². The Labute approximate surface area is 140 Å². The van der Waals surface area contributed by atoms with E-state index in [4.69, 9.17) is 0 Å². The normalized spacial score (nSPS) is 10.5. The highest BCUT2D eigenvalue weighted by Gasteiger charge is 2.16. The molecule has 0 bridgehead atoms. The monoisotopic (exact) mass is 347 g/mol. The van der Waals surface area contributed by atoms with Crippen LogP contribution in [0.1, 0.15) is 9.67 Å². The number of aromatic nitrogens is 2. The first-order chi connectivity index (χ1) is 11.6. The van der Waals surface area contributed by atoms with Gasteiger partial charge >= 0.3 is 0 Å². The van der Waals surface area contributed by atoms with Crippen LogP contribution >= 0.6 is 11.3 Å². The molecular formula is C16H11F2N3O2S. The minimum Gasteiger partial charge on any atom is -0.494 e. The SMILES string of the molecule is COc1cc(F)c(NC(=O)c2cnc(-c3ccccn3)s2)cc1F. The van der Waals surface area contributed by atoms with Crippen molar-refractivity contribution in [2.75, 3.05) is 12.4 Å². The van der Waals surface area contributed by atoms with Crippen LogP contribution in [0.4, 0.5) is 14.5 Å². The van der Waals surface area contributed by atoms with Crippen molar-refractivity contribution in [2.45, 2.75) is 0 Å². The first-order valence-corrected chi connectivity index (χ1v) is 7.61. The molecule has 1 amide bonds. The summed E-state index contributed by atoms with van der Waals surface area (Å²) in [5.74, 6) is -2.39. The predicted octanol–water partition coefficient (Wildman–Crippen LogP) is 3.74. The predicted molar refractivity (Wildman–Crippen MR) is 86.2 cm³/mol. The van der Waals surface area contributed by atoms with Gasteiger partial charge in [0.05, 0.1) is 24.7 Å². The third-order valence-corrected chi connectivity index (χ3v) is 4.12. The average molecular weight is 347 g/mol. The zero-order valence-corrected chi connectivity index (χ0v) is 13.2. The minimum absolute atomic E-state index is 0.235. The number of hydrogen-bond donors (Lipinski definition) is 1. The zero-order valence-electron chi connectivity index (χ0n) is 12.4. The molecule has 0 radical (unpaired) electrons. The fourth-order valence-electron chi connectivity index (χ4n) is 1.95. The fraction of sp³-hybridized carbons (Fsp3) is 0.0625. The van der Waals surface area contributed by atoms with Crippen LogP contribution in [0.5, 0.6) is 5.75 Å². The molecule has 122 valence electrons. The van der Waals surface area contributed by atoms with Gasteiger partial charge in [-0.25, -0.2) is 13.8 Å². The highest BCUT2D eigenvalue weighted by Crippen LogP contribution is 2.27. The third kappa shape index (κ3) is 3.23. The molecule has 0 unspecified atom stereocenters. The van der Waals surface area contributed by atoms with Crippen molar-refractivity contribution in [3.05, 3.63) is 59.2 Å². The van der Waals surface area contributed by atoms with Gasteiger partial charge in [-0.15, -0.1) is 11.3 Å². The van der Waals surface area contributed by atoms with Crippen molar-refractivity contribution in [1.29, 1.82) is 0 Å². The summed E-state index contributed by atoms with van der Waals surface area (Å²) in [5, 5.41) is 2.88. The van der Waals surface area contributed by atoms with E-state index in [-0.39, 0.29) is 16.3 Å². The Bertz CT molecular complexity index is 884. The highest BCUT2D eigenvalue weighted by molar-refractivity contribution is 7.17. The van der Waals surface area contributed by atoms with Crippen molar-refractivity contribution < 1.29 is 18.3 Å². The average Bonchev–Trinajstić information content (AvgIpc) is 3.09. The molecule has 0 saturated carbocycles. The van der Waals surface area contributed by atoms with Gasteiger partial charge in [0.25, 0.3) is 5.91 Å². The number of halogens is 2. The van der Waals surface area contributed by atoms with E-state index < -0.39 is 17.5 Å². The van der Waals surface area contributed by atoms with Crippen molar-refractivity contribution in [2.24, 2.45) is 0 Å². The van der Waals surface area contributed by atoms with Crippen LogP contribution < -0.4 is 10.1 Å². The van der Waals surface area contributed by atoms with Crippen molar-refractivity contribution in [3.63, 3.8) is 0 Å². The van der Waals surface area contributed by atoms with Crippen LogP contribution in [0.2, 0.25) is 0 Å². The molecule has 2 aromatic heterocycles. The summed E-state index contributed by atoms with van der Waals surface area (Å²) >= 11 is 1.10. The van der Waals surface area contributed by atoms with Gasteiger partial charge in [0.2, 0.25) is 0 Å². The zero-order chi connectivity index (χ0) is 17.1. The van der Waals surface area contributed by atoms with E-state index in [9.17, 15) is 13.6 Å². The molecule has 0 aliphatic rings. The Balaban J connectivity index is 1.81. The summed E-state index contributed by atoms with van der Waals surface area (Å²) in [6.45, 7) is 0. The molecule has 1 aromatic carbocycles. The van der Waals surface area contributed by atoms with Crippen LogP contribution in [-0.4, -0.2) is 23.0 Å². The number of benzene rings is 1. The lowest BCUT2D eigenvalue weighted by Crippen LogP contribution is -2.12. The lowest BCUT2D eigenvalue weighted by atomic mass is 10.2. The number of rotatable bonds is 4. The van der Waals surface area contributed by atoms with Gasteiger partial charge < -0.3 is 10.1 Å². The number of nitrogens with zero attached hydrogens (tertiary/aromatic N) is 2. The largest absolute Gasteiger partial charge is 0.494 e. The smallest absolute Gasteiger partial charge is 0.267 e. The number of methoxy groups -OCH3 is 1. The number of nitrogens with one attached hydrogen (secondary N) is 1. The number of anilines is 1. The number of carbonyl (C=O) groups is 1. The van der Waals surface area contributed by atoms with E-state index in [1.807, 2.05) is 0 Å². The fourth-order valence-corrected chi connectivity index (χ4v) is 2.74. The number of amides is 1. The van der Waals surface area contributed by atoms with E-state index in [2.05, 4.69) is 20.0 Å². The summed E-state index contributed by atoms with van der Waals surface area (Å²) in [7, 11) is 1.23. The Morgan fingerprint density at radius 1 is 1.21 bits per heavy atom. The van der Waals surface area contributed by atoms with Crippen molar-refractivity contribution in [3.8, 4) is 16.5 Å². The molecule has 0 aliphatic carbocycles. The minimum atomic E-state index is -0.795. The molecule has 3 rings (SSSR count). The number of carbonyl (C=O) groups excluding carboxylic acids is 1. The molecule has 24 heavy (non-hydrogen) atoms. The maximum absolute atomic E-state index is 13.9. The van der Waals surface area contributed by atoms with Crippen LogP contribution in [0.25, 0.3) is 10.7 Å². The Hall–Kier alpha value is -2.87. The van der Waals surface area contributed by atoms with Gasteiger partial charge in [-0.2, -0.15) is 0 Å². The van der Waals surface area contributed by atoms with E-state index in [0.717, 1.165) is 23.5 Å². The Kier molecular flexibility index (Phi) is 4.48. The number of thiazole rings is 1. The van der Waals surface area contributed by atoms with Crippen LogP contribution in [0, 0.1) is 11.6 Å². The molecule has 2 heterocycles. The Morgan fingerprint density at radius 3 is 2.75 bits per heavy atom. The first kappa shape index (κ1) is 16.0. The van der Waals surface area contributed by atoms with Gasteiger partial charge in [-0.1, -0.05) is 6.07 Å². The lowest BCUT2D eigenvalue weighted by Gasteiger charge is -2.08. The summed E-state index contributed by atoms with van der Waals surface area (Å²) < 4.78 is 32.2. The maximum atomic E-state index is 13.9. The summed E-state index contributed by atoms with van der Waals surface area (Å²) in [5.41, 5.74) is 0.356. The number of hydrogen-bond acceptors (Lipinski definition) is 5. The van der Waals surface area contributed by atoms with Gasteiger partial charge in [0, 0.05) is 18.3 Å². The van der Waals surface area contributed by atoms with Crippen LogP contribution in [0.3, 0.4) is 0 Å². The van der Waals surface area contributed by atoms with Gasteiger partial charge in [0.1, 0.15) is 9.88 Å². The van der Waals surface area contributed by atoms with Crippen molar-refractivity contribution >= 4 is 22.9 Å². The number of ether oxygens (including phenoxy) is 1. The molecule has 0 atom stereocenters. The van der Waals surface area contributed by atoms with Gasteiger partial charge in [-0.05, 0) is 12.1 Å². The van der Waals surface area contributed by atoms with E-state index in [1.54, 1.807) is 24.4 Å². The van der Waals surface area contributed by atoms with E-state index in [1.165, 1.54) is 13.3 Å². The molecule has 8 heteroatoms. The second kappa shape index (κ2) is 6.71. The molecule has 0 saturated heterocycles. The maximum Gasteiger partial charge on any atom is 0.267 e. The topological polar surface area (TPSA) is 64.1 Å². The Morgan fingerprint density at radius 2 is 2.04 bits per heavy atom. The van der Waals surface area contributed by atoms with Crippen LogP contribution in [0.15, 0.2) is 42.7 Å². The second-order valence-electron chi connectivity index (χ2n) is 4.67. The van der Waals surface area contributed by atoms with Crippen molar-refractivity contribution in [1.82, 2.24) is 9.97 Å². The summed E-state index contributed by atoms with van der Waals surface area (Å²) in [6.07, 6.45) is 2.98. The van der Waals surface area contributed by atoms with E-state index in [0.29, 0.717) is 10.7 Å². The lowest BCUT2D eigenvalue weighted by molar-refractivity contribution is 0.103. The summed E-state index contributed by atoms with van der Waals surface area (Å²) in [6, 6.07) is 7.08. The third-order valence-electron chi connectivity index (χ3n) is 3.10. The standard InChI is InChI=1S/C16H11F2N3O2S/c1-23-13-7-9(17)12(6-10(13)18)21-15(22)14-8-20-16(24-14)11-4-2-3-5-19-11/h2-8H,1H3,(H,21,22). The van der Waals surface area contributed by atoms with E-state index >= 15 is 0 Å². The molecular weight excluding hydrogens is 336 g/mol. The number of pyridine rings is 1. The van der Waals surface area contributed by atoms with Crippen LogP contribution in [-0.2, 0) is 0 Å². The molecule has 5 nitrogen and oxygen atoms in total. The first-order valence-electron chi connectivity index (χ1n) is 6.80. The second-order valence-corrected chi connectivity index (χ2v) is 5.70. The molecule has 0 spiro atoms. The highest BCUT2D eigenvalue weighted by atomic mass is 32.1. The molecule has 0 aliphatic heterocycles. The molecule has 3 aromatic rings. The molecule has 1 N–H and O–H groups in total. The summed E-state index contributed by atoms with van der Waals surface area (Å²) in [4.78, 5) is 20.7. The quantitative estimate of drug-likeness (QED) is 0.781. The van der Waals surface area contributed by atoms with Gasteiger partial charge in [0.15, 0.2) is 17.4 Å². The molecule has 0 fully saturated rings.